The van der Waals surface area contributed by atoms with Crippen molar-refractivity contribution >= 4 is 0 Å². The molecule has 0 aromatic heterocycles. The highest BCUT2D eigenvalue weighted by Crippen LogP contribution is 2.25. The van der Waals surface area contributed by atoms with E-state index in [2.05, 4.69) is 33.0 Å². The van der Waals surface area contributed by atoms with Gasteiger partial charge in [0.2, 0.25) is 0 Å². The first kappa shape index (κ1) is 14.2. The molecule has 2 heteroatoms. The molecule has 96 valence electrons. The van der Waals surface area contributed by atoms with E-state index in [1.807, 2.05) is 6.07 Å². The number of benzene rings is 1. The van der Waals surface area contributed by atoms with E-state index in [1.165, 1.54) is 11.6 Å². The topological polar surface area (TPSA) is 12.0 Å². The lowest BCUT2D eigenvalue weighted by Crippen LogP contribution is -2.24. The van der Waals surface area contributed by atoms with Gasteiger partial charge in [-0.25, -0.2) is 4.39 Å². The molecular formula is C15H24FN. The van der Waals surface area contributed by atoms with Crippen LogP contribution in [0.2, 0.25) is 0 Å². The summed E-state index contributed by atoms with van der Waals surface area (Å²) in [5, 5.41) is 3.52. The van der Waals surface area contributed by atoms with Crippen LogP contribution in [0, 0.1) is 18.7 Å². The Morgan fingerprint density at radius 3 is 2.59 bits per heavy atom. The van der Waals surface area contributed by atoms with Crippen LogP contribution in [0.5, 0.6) is 0 Å². The van der Waals surface area contributed by atoms with E-state index >= 15 is 0 Å². The van der Waals surface area contributed by atoms with E-state index in [1.54, 1.807) is 6.07 Å². The molecule has 0 aliphatic carbocycles. The first-order valence-corrected chi connectivity index (χ1v) is 6.54. The average Bonchev–Trinajstić information content (AvgIpc) is 2.27. The third-order valence-electron chi connectivity index (χ3n) is 2.96. The second-order valence-electron chi connectivity index (χ2n) is 5.14. The summed E-state index contributed by atoms with van der Waals surface area (Å²) in [4.78, 5) is 0. The van der Waals surface area contributed by atoms with Gasteiger partial charge in [0.25, 0.3) is 0 Å². The summed E-state index contributed by atoms with van der Waals surface area (Å²) in [5.41, 5.74) is 2.27. The molecule has 0 saturated heterocycles. The number of nitrogens with one attached hydrogen (secondary N) is 1. The lowest BCUT2D eigenvalue weighted by Gasteiger charge is -2.22. The lowest BCUT2D eigenvalue weighted by atomic mass is 9.93. The Hall–Kier alpha value is -0.890. The number of aryl methyl sites for hydroxylation is 1. The van der Waals surface area contributed by atoms with Crippen molar-refractivity contribution in [1.29, 1.82) is 0 Å². The monoisotopic (exact) mass is 237 g/mol. The Morgan fingerprint density at radius 1 is 1.29 bits per heavy atom. The SMILES string of the molecule is CCCNC(CC(C)C)c1cc(F)ccc1C. The summed E-state index contributed by atoms with van der Waals surface area (Å²) in [6.07, 6.45) is 2.15. The quantitative estimate of drug-likeness (QED) is 0.781. The molecule has 0 radical (unpaired) electrons. The van der Waals surface area contributed by atoms with Gasteiger partial charge in [0.15, 0.2) is 0 Å². The third kappa shape index (κ3) is 4.47. The molecule has 1 aromatic carbocycles. The van der Waals surface area contributed by atoms with Crippen LogP contribution in [-0.2, 0) is 0 Å². The Balaban J connectivity index is 2.90. The van der Waals surface area contributed by atoms with Gasteiger partial charge in [-0.2, -0.15) is 0 Å². The number of hydrogen-bond donors (Lipinski definition) is 1. The van der Waals surface area contributed by atoms with Crippen LogP contribution in [0.15, 0.2) is 18.2 Å². The molecule has 0 saturated carbocycles. The molecule has 0 bridgehead atoms. The van der Waals surface area contributed by atoms with Crippen LogP contribution < -0.4 is 5.32 Å². The summed E-state index contributed by atoms with van der Waals surface area (Å²) < 4.78 is 13.3. The minimum atomic E-state index is -0.141. The number of halogens is 1. The fraction of sp³-hybridized carbons (Fsp3) is 0.600. The maximum atomic E-state index is 13.3. The fourth-order valence-electron chi connectivity index (χ4n) is 2.10. The van der Waals surface area contributed by atoms with Crippen LogP contribution in [0.1, 0.15) is 50.8 Å². The summed E-state index contributed by atoms with van der Waals surface area (Å²) in [6.45, 7) is 9.59. The number of rotatable bonds is 6. The van der Waals surface area contributed by atoms with Crippen LogP contribution in [0.25, 0.3) is 0 Å². The van der Waals surface area contributed by atoms with Gasteiger partial charge in [-0.15, -0.1) is 0 Å². The van der Waals surface area contributed by atoms with E-state index in [0.717, 1.165) is 24.9 Å². The van der Waals surface area contributed by atoms with Crippen molar-refractivity contribution in [2.24, 2.45) is 5.92 Å². The van der Waals surface area contributed by atoms with Crippen LogP contribution in [0.3, 0.4) is 0 Å². The molecule has 1 N–H and O–H groups in total. The molecular weight excluding hydrogens is 213 g/mol. The van der Waals surface area contributed by atoms with E-state index in [0.29, 0.717) is 5.92 Å². The fourth-order valence-corrected chi connectivity index (χ4v) is 2.10. The second kappa shape index (κ2) is 6.75. The highest BCUT2D eigenvalue weighted by molar-refractivity contribution is 5.29. The van der Waals surface area contributed by atoms with Crippen molar-refractivity contribution in [3.05, 3.63) is 35.1 Å². The van der Waals surface area contributed by atoms with E-state index in [4.69, 9.17) is 0 Å². The maximum Gasteiger partial charge on any atom is 0.123 e. The van der Waals surface area contributed by atoms with Crippen molar-refractivity contribution in [3.8, 4) is 0 Å². The molecule has 1 rings (SSSR count). The van der Waals surface area contributed by atoms with Gasteiger partial charge in [0.05, 0.1) is 0 Å². The van der Waals surface area contributed by atoms with Crippen molar-refractivity contribution in [1.82, 2.24) is 5.32 Å². The second-order valence-corrected chi connectivity index (χ2v) is 5.14. The third-order valence-corrected chi connectivity index (χ3v) is 2.96. The van der Waals surface area contributed by atoms with Crippen molar-refractivity contribution in [2.75, 3.05) is 6.54 Å². The van der Waals surface area contributed by atoms with E-state index in [9.17, 15) is 4.39 Å². The highest BCUT2D eigenvalue weighted by Gasteiger charge is 2.15. The first-order chi connectivity index (χ1) is 8.04. The van der Waals surface area contributed by atoms with Crippen LogP contribution >= 0.6 is 0 Å². The molecule has 0 spiro atoms. The van der Waals surface area contributed by atoms with Crippen LogP contribution in [-0.4, -0.2) is 6.54 Å². The molecule has 0 amide bonds. The summed E-state index contributed by atoms with van der Waals surface area (Å²) in [5.74, 6) is 0.463. The first-order valence-electron chi connectivity index (χ1n) is 6.54. The standard InChI is InChI=1S/C15H24FN/c1-5-8-17-15(9-11(2)3)14-10-13(16)7-6-12(14)4/h6-7,10-11,15,17H,5,8-9H2,1-4H3. The summed E-state index contributed by atoms with van der Waals surface area (Å²) in [7, 11) is 0. The minimum absolute atomic E-state index is 0.141. The molecule has 1 nitrogen and oxygen atoms in total. The minimum Gasteiger partial charge on any atom is -0.310 e. The summed E-state index contributed by atoms with van der Waals surface area (Å²) in [6, 6.07) is 5.34. The maximum absolute atomic E-state index is 13.3. The molecule has 1 atom stereocenters. The molecule has 17 heavy (non-hydrogen) atoms. The molecule has 0 aliphatic rings. The number of hydrogen-bond acceptors (Lipinski definition) is 1. The zero-order chi connectivity index (χ0) is 12.8. The molecule has 0 aliphatic heterocycles. The lowest BCUT2D eigenvalue weighted by molar-refractivity contribution is 0.427. The van der Waals surface area contributed by atoms with Gasteiger partial charge in [-0.3, -0.25) is 0 Å². The zero-order valence-corrected chi connectivity index (χ0v) is 11.4. The molecule has 1 aromatic rings. The van der Waals surface area contributed by atoms with Gasteiger partial charge in [0.1, 0.15) is 5.82 Å². The van der Waals surface area contributed by atoms with E-state index < -0.39 is 0 Å². The predicted molar refractivity (Wildman–Crippen MR) is 71.6 cm³/mol. The molecule has 0 fully saturated rings. The van der Waals surface area contributed by atoms with Gasteiger partial charge >= 0.3 is 0 Å². The molecule has 0 heterocycles. The van der Waals surface area contributed by atoms with Gasteiger partial charge in [0, 0.05) is 6.04 Å². The normalized spacial score (nSPS) is 13.1. The van der Waals surface area contributed by atoms with Crippen molar-refractivity contribution in [3.63, 3.8) is 0 Å². The molecule has 1 unspecified atom stereocenters. The Bertz CT molecular complexity index is 347. The van der Waals surface area contributed by atoms with E-state index in [-0.39, 0.29) is 11.9 Å². The van der Waals surface area contributed by atoms with Gasteiger partial charge < -0.3 is 5.32 Å². The van der Waals surface area contributed by atoms with Gasteiger partial charge in [-0.1, -0.05) is 26.8 Å². The smallest absolute Gasteiger partial charge is 0.123 e. The average molecular weight is 237 g/mol. The van der Waals surface area contributed by atoms with Crippen molar-refractivity contribution in [2.45, 2.75) is 46.6 Å². The largest absolute Gasteiger partial charge is 0.310 e. The Labute approximate surface area is 104 Å². The highest BCUT2D eigenvalue weighted by atomic mass is 19.1. The zero-order valence-electron chi connectivity index (χ0n) is 11.4. The predicted octanol–water partition coefficient (Wildman–Crippen LogP) is 4.22. The van der Waals surface area contributed by atoms with Crippen LogP contribution in [0.4, 0.5) is 4.39 Å². The van der Waals surface area contributed by atoms with Crippen molar-refractivity contribution < 1.29 is 4.39 Å². The van der Waals surface area contributed by atoms with Gasteiger partial charge in [-0.05, 0) is 55.5 Å². The Morgan fingerprint density at radius 2 is 2.00 bits per heavy atom. The Kier molecular flexibility index (Phi) is 5.63. The summed E-state index contributed by atoms with van der Waals surface area (Å²) >= 11 is 0.